The lowest BCUT2D eigenvalue weighted by Gasteiger charge is -1.97. The molecule has 7 heteroatoms. The SMILES string of the molecule is [N-]=[N+]=NCc1cn[nH]c1-c1cnccn1. The van der Waals surface area contributed by atoms with Crippen LogP contribution in [0, 0.1) is 0 Å². The maximum Gasteiger partial charge on any atom is 0.107 e. The molecule has 0 aliphatic rings. The van der Waals surface area contributed by atoms with E-state index in [-0.39, 0.29) is 6.54 Å². The minimum atomic E-state index is 0.249. The highest BCUT2D eigenvalue weighted by Crippen LogP contribution is 2.17. The van der Waals surface area contributed by atoms with Gasteiger partial charge in [0.15, 0.2) is 0 Å². The summed E-state index contributed by atoms with van der Waals surface area (Å²) in [5.41, 5.74) is 10.4. The number of nitrogens with zero attached hydrogens (tertiary/aromatic N) is 6. The van der Waals surface area contributed by atoms with Crippen molar-refractivity contribution in [3.63, 3.8) is 0 Å². The van der Waals surface area contributed by atoms with Gasteiger partial charge in [0, 0.05) is 22.9 Å². The van der Waals surface area contributed by atoms with Crippen LogP contribution in [0.3, 0.4) is 0 Å². The van der Waals surface area contributed by atoms with Crippen molar-refractivity contribution in [1.82, 2.24) is 20.2 Å². The highest BCUT2D eigenvalue weighted by Gasteiger charge is 2.07. The molecule has 0 radical (unpaired) electrons. The smallest absolute Gasteiger partial charge is 0.107 e. The Hall–Kier alpha value is -2.40. The third-order valence-corrected chi connectivity index (χ3v) is 1.84. The Labute approximate surface area is 84.8 Å². The molecule has 7 nitrogen and oxygen atoms in total. The Morgan fingerprint density at radius 2 is 2.33 bits per heavy atom. The molecule has 0 aliphatic heterocycles. The molecule has 2 rings (SSSR count). The zero-order valence-electron chi connectivity index (χ0n) is 7.70. The largest absolute Gasteiger partial charge is 0.276 e. The predicted octanol–water partition coefficient (Wildman–Crippen LogP) is 1.68. The Balaban J connectivity index is 2.37. The molecule has 2 heterocycles. The van der Waals surface area contributed by atoms with Crippen LogP contribution in [-0.2, 0) is 6.54 Å². The lowest BCUT2D eigenvalue weighted by Crippen LogP contribution is -1.88. The van der Waals surface area contributed by atoms with Crippen LogP contribution < -0.4 is 0 Å². The van der Waals surface area contributed by atoms with Crippen molar-refractivity contribution in [2.24, 2.45) is 5.11 Å². The van der Waals surface area contributed by atoms with Crippen LogP contribution in [0.2, 0.25) is 0 Å². The Morgan fingerprint density at radius 3 is 3.07 bits per heavy atom. The van der Waals surface area contributed by atoms with Crippen molar-refractivity contribution in [3.8, 4) is 11.4 Å². The standard InChI is InChI=1S/C8H7N7/c9-15-13-4-6-3-12-14-8(6)7-5-10-1-2-11-7/h1-3,5H,4H2,(H,12,14). The summed E-state index contributed by atoms with van der Waals surface area (Å²) in [5.74, 6) is 0. The first-order valence-corrected chi connectivity index (χ1v) is 4.21. The fraction of sp³-hybridized carbons (Fsp3) is 0.125. The number of aromatic nitrogens is 4. The van der Waals surface area contributed by atoms with Gasteiger partial charge in [0.25, 0.3) is 0 Å². The molecule has 0 saturated heterocycles. The van der Waals surface area contributed by atoms with Crippen LogP contribution in [0.25, 0.3) is 21.8 Å². The highest BCUT2D eigenvalue weighted by molar-refractivity contribution is 5.56. The lowest BCUT2D eigenvalue weighted by atomic mass is 10.2. The summed E-state index contributed by atoms with van der Waals surface area (Å²) in [6.07, 6.45) is 6.41. The van der Waals surface area contributed by atoms with Crippen molar-refractivity contribution >= 4 is 0 Å². The quantitative estimate of drug-likeness (QED) is 0.464. The Bertz CT molecular complexity index is 483. The minimum Gasteiger partial charge on any atom is -0.276 e. The summed E-state index contributed by atoms with van der Waals surface area (Å²) in [6.45, 7) is 0.249. The van der Waals surface area contributed by atoms with Crippen LogP contribution in [0.4, 0.5) is 0 Å². The van der Waals surface area contributed by atoms with E-state index in [0.717, 1.165) is 11.3 Å². The van der Waals surface area contributed by atoms with Gasteiger partial charge < -0.3 is 0 Å². The molecular formula is C8H7N7. The van der Waals surface area contributed by atoms with Gasteiger partial charge in [-0.3, -0.25) is 15.1 Å². The van der Waals surface area contributed by atoms with Crippen LogP contribution in [0.15, 0.2) is 29.9 Å². The fourth-order valence-electron chi connectivity index (χ4n) is 1.19. The van der Waals surface area contributed by atoms with Gasteiger partial charge in [-0.15, -0.1) is 0 Å². The fourth-order valence-corrected chi connectivity index (χ4v) is 1.19. The van der Waals surface area contributed by atoms with Crippen molar-refractivity contribution in [1.29, 1.82) is 0 Å². The monoisotopic (exact) mass is 201 g/mol. The maximum atomic E-state index is 8.23. The summed E-state index contributed by atoms with van der Waals surface area (Å²) in [4.78, 5) is 10.8. The average Bonchev–Trinajstić information content (AvgIpc) is 2.75. The first-order valence-electron chi connectivity index (χ1n) is 4.21. The molecule has 15 heavy (non-hydrogen) atoms. The van der Waals surface area contributed by atoms with E-state index in [0.29, 0.717) is 5.69 Å². The van der Waals surface area contributed by atoms with Gasteiger partial charge in [0.05, 0.1) is 24.6 Å². The second kappa shape index (κ2) is 4.21. The van der Waals surface area contributed by atoms with Crippen molar-refractivity contribution in [2.75, 3.05) is 0 Å². The van der Waals surface area contributed by atoms with Crippen LogP contribution in [0.1, 0.15) is 5.56 Å². The molecular weight excluding hydrogens is 194 g/mol. The van der Waals surface area contributed by atoms with Gasteiger partial charge >= 0.3 is 0 Å². The van der Waals surface area contributed by atoms with Crippen molar-refractivity contribution in [3.05, 3.63) is 40.8 Å². The number of hydrogen-bond acceptors (Lipinski definition) is 4. The van der Waals surface area contributed by atoms with E-state index in [1.54, 1.807) is 24.8 Å². The van der Waals surface area contributed by atoms with E-state index in [2.05, 4.69) is 30.2 Å². The first-order chi connectivity index (χ1) is 7.42. The molecule has 0 saturated carbocycles. The second-order valence-electron chi connectivity index (χ2n) is 2.75. The van der Waals surface area contributed by atoms with E-state index in [4.69, 9.17) is 5.53 Å². The zero-order valence-corrected chi connectivity index (χ0v) is 7.70. The highest BCUT2D eigenvalue weighted by atomic mass is 15.1. The molecule has 2 aromatic rings. The van der Waals surface area contributed by atoms with Crippen molar-refractivity contribution in [2.45, 2.75) is 6.54 Å². The van der Waals surface area contributed by atoms with Gasteiger partial charge in [-0.25, -0.2) is 0 Å². The number of aromatic amines is 1. The molecule has 74 valence electrons. The van der Waals surface area contributed by atoms with Gasteiger partial charge in [0.2, 0.25) is 0 Å². The van der Waals surface area contributed by atoms with Gasteiger partial charge in [-0.05, 0) is 5.53 Å². The zero-order chi connectivity index (χ0) is 10.5. The van der Waals surface area contributed by atoms with E-state index in [1.807, 2.05) is 0 Å². The summed E-state index contributed by atoms with van der Waals surface area (Å²) in [6, 6.07) is 0. The third kappa shape index (κ3) is 1.92. The number of hydrogen-bond donors (Lipinski definition) is 1. The molecule has 0 bridgehead atoms. The molecule has 0 aliphatic carbocycles. The molecule has 0 atom stereocenters. The van der Waals surface area contributed by atoms with Crippen LogP contribution in [-0.4, -0.2) is 20.2 Å². The Kier molecular flexibility index (Phi) is 2.57. The molecule has 1 N–H and O–H groups in total. The number of H-pyrrole nitrogens is 1. The van der Waals surface area contributed by atoms with Crippen molar-refractivity contribution < 1.29 is 0 Å². The summed E-state index contributed by atoms with van der Waals surface area (Å²) in [5, 5.41) is 10.1. The first kappa shape index (κ1) is 9.17. The van der Waals surface area contributed by atoms with Crippen LogP contribution in [0.5, 0.6) is 0 Å². The van der Waals surface area contributed by atoms with Crippen LogP contribution >= 0.6 is 0 Å². The molecule has 0 fully saturated rings. The van der Waals surface area contributed by atoms with E-state index in [1.165, 1.54) is 0 Å². The van der Waals surface area contributed by atoms with E-state index < -0.39 is 0 Å². The molecule has 2 aromatic heterocycles. The average molecular weight is 201 g/mol. The van der Waals surface area contributed by atoms with E-state index in [9.17, 15) is 0 Å². The maximum absolute atomic E-state index is 8.23. The second-order valence-corrected chi connectivity index (χ2v) is 2.75. The third-order valence-electron chi connectivity index (χ3n) is 1.84. The molecule has 0 spiro atoms. The Morgan fingerprint density at radius 1 is 1.40 bits per heavy atom. The van der Waals surface area contributed by atoms with Gasteiger partial charge in [-0.2, -0.15) is 5.10 Å². The lowest BCUT2D eigenvalue weighted by molar-refractivity contribution is 1.05. The van der Waals surface area contributed by atoms with Gasteiger partial charge in [-0.1, -0.05) is 5.11 Å². The minimum absolute atomic E-state index is 0.249. The summed E-state index contributed by atoms with van der Waals surface area (Å²) < 4.78 is 0. The molecule has 0 unspecified atom stereocenters. The predicted molar refractivity (Wildman–Crippen MR) is 52.5 cm³/mol. The van der Waals surface area contributed by atoms with E-state index >= 15 is 0 Å². The summed E-state index contributed by atoms with van der Waals surface area (Å²) in [7, 11) is 0. The number of azide groups is 1. The number of nitrogens with one attached hydrogen (secondary N) is 1. The number of rotatable bonds is 3. The summed E-state index contributed by atoms with van der Waals surface area (Å²) >= 11 is 0. The van der Waals surface area contributed by atoms with Gasteiger partial charge in [0.1, 0.15) is 5.69 Å². The topological polar surface area (TPSA) is 103 Å². The molecule has 0 amide bonds. The molecule has 0 aromatic carbocycles. The normalized spacial score (nSPS) is 9.60.